The van der Waals surface area contributed by atoms with Crippen molar-refractivity contribution in [3.63, 3.8) is 0 Å². The molecule has 3 N–H and O–H groups in total. The normalized spacial score (nSPS) is 12.1. The van der Waals surface area contributed by atoms with Gasteiger partial charge in [0.05, 0.1) is 18.1 Å². The van der Waals surface area contributed by atoms with Gasteiger partial charge in [-0.3, -0.25) is 0 Å². The Hall–Kier alpha value is -1.15. The average Bonchev–Trinajstić information content (AvgIpc) is 2.32. The van der Waals surface area contributed by atoms with E-state index in [1.165, 1.54) is 11.4 Å². The van der Waals surface area contributed by atoms with E-state index in [1.807, 2.05) is 0 Å². The molecule has 1 aromatic rings. The summed E-state index contributed by atoms with van der Waals surface area (Å²) in [5.41, 5.74) is 7.45. The Labute approximate surface area is 120 Å². The molecule has 0 spiro atoms. The van der Waals surface area contributed by atoms with Crippen molar-refractivity contribution in [1.82, 2.24) is 4.31 Å². The molecule has 0 heterocycles. The van der Waals surface area contributed by atoms with Gasteiger partial charge in [-0.2, -0.15) is 4.31 Å². The van der Waals surface area contributed by atoms with Gasteiger partial charge in [0.2, 0.25) is 10.0 Å². The van der Waals surface area contributed by atoms with E-state index < -0.39 is 10.0 Å². The van der Waals surface area contributed by atoms with E-state index in [0.29, 0.717) is 16.8 Å². The maximum Gasteiger partial charge on any atom is 0.243 e. The standard InChI is InChI=1S/C13H22N2O4S/c1-10-8-12(14)9-11(2)13(10)20(17,18)15(4-6-16)5-7-19-3/h8-9,16H,4-7,14H2,1-3H3. The lowest BCUT2D eigenvalue weighted by Gasteiger charge is -2.23. The number of nitrogens with zero attached hydrogens (tertiary/aromatic N) is 1. The lowest BCUT2D eigenvalue weighted by molar-refractivity contribution is 0.168. The minimum Gasteiger partial charge on any atom is -0.399 e. The van der Waals surface area contributed by atoms with Crippen LogP contribution in [-0.4, -0.2) is 51.2 Å². The minimum atomic E-state index is -3.68. The van der Waals surface area contributed by atoms with Gasteiger partial charge in [-0.1, -0.05) is 0 Å². The Kier molecular flexibility index (Phi) is 5.94. The molecule has 0 aromatic heterocycles. The number of aliphatic hydroxyl groups is 1. The number of methoxy groups -OCH3 is 1. The fraction of sp³-hybridized carbons (Fsp3) is 0.538. The van der Waals surface area contributed by atoms with Crippen LogP contribution in [0.15, 0.2) is 17.0 Å². The Morgan fingerprint density at radius 2 is 1.80 bits per heavy atom. The second-order valence-corrected chi connectivity index (χ2v) is 6.48. The van der Waals surface area contributed by atoms with Crippen molar-refractivity contribution < 1.29 is 18.3 Å². The molecule has 0 amide bonds. The molecule has 0 radical (unpaired) electrons. The number of nitrogens with two attached hydrogens (primary N) is 1. The average molecular weight is 302 g/mol. The van der Waals surface area contributed by atoms with E-state index in [9.17, 15) is 8.42 Å². The van der Waals surface area contributed by atoms with Crippen LogP contribution in [0.2, 0.25) is 0 Å². The molecule has 0 unspecified atom stereocenters. The highest BCUT2D eigenvalue weighted by Gasteiger charge is 2.27. The first-order valence-electron chi connectivity index (χ1n) is 6.31. The Bertz CT molecular complexity index is 534. The Morgan fingerprint density at radius 1 is 1.25 bits per heavy atom. The van der Waals surface area contributed by atoms with Crippen LogP contribution in [0.3, 0.4) is 0 Å². The SMILES string of the molecule is COCCN(CCO)S(=O)(=O)c1c(C)cc(N)cc1C. The molecule has 0 saturated carbocycles. The number of hydrogen-bond donors (Lipinski definition) is 2. The molecule has 0 bridgehead atoms. The van der Waals surface area contributed by atoms with E-state index in [4.69, 9.17) is 15.6 Å². The first kappa shape index (κ1) is 16.9. The molecule has 0 aliphatic carbocycles. The van der Waals surface area contributed by atoms with Crippen LogP contribution in [-0.2, 0) is 14.8 Å². The highest BCUT2D eigenvalue weighted by molar-refractivity contribution is 7.89. The molecule has 1 rings (SSSR count). The van der Waals surface area contributed by atoms with Crippen LogP contribution in [0.1, 0.15) is 11.1 Å². The fourth-order valence-electron chi connectivity index (χ4n) is 2.18. The second kappa shape index (κ2) is 7.03. The molecule has 0 aliphatic heterocycles. The van der Waals surface area contributed by atoms with E-state index in [-0.39, 0.29) is 31.2 Å². The van der Waals surface area contributed by atoms with Crippen molar-refractivity contribution in [2.45, 2.75) is 18.7 Å². The van der Waals surface area contributed by atoms with Crippen LogP contribution in [0.25, 0.3) is 0 Å². The van der Waals surface area contributed by atoms with Crippen molar-refractivity contribution >= 4 is 15.7 Å². The number of aliphatic hydroxyl groups excluding tert-OH is 1. The van der Waals surface area contributed by atoms with Gasteiger partial charge in [0.15, 0.2) is 0 Å². The molecule has 6 nitrogen and oxygen atoms in total. The molecule has 0 saturated heterocycles. The zero-order chi connectivity index (χ0) is 15.3. The molecule has 1 aromatic carbocycles. The predicted octanol–water partition coefficient (Wildman–Crippen LogP) is 0.515. The van der Waals surface area contributed by atoms with Crippen molar-refractivity contribution in [1.29, 1.82) is 0 Å². The molecule has 7 heteroatoms. The monoisotopic (exact) mass is 302 g/mol. The molecule has 0 atom stereocenters. The van der Waals surface area contributed by atoms with Crippen molar-refractivity contribution in [3.05, 3.63) is 23.3 Å². The summed E-state index contributed by atoms with van der Waals surface area (Å²) in [7, 11) is -2.17. The fourth-order valence-corrected chi connectivity index (χ4v) is 4.00. The summed E-state index contributed by atoms with van der Waals surface area (Å²) in [6.45, 7) is 3.69. The van der Waals surface area contributed by atoms with Gasteiger partial charge in [0.1, 0.15) is 0 Å². The zero-order valence-electron chi connectivity index (χ0n) is 12.1. The van der Waals surface area contributed by atoms with E-state index in [2.05, 4.69) is 0 Å². The molecular weight excluding hydrogens is 280 g/mol. The summed E-state index contributed by atoms with van der Waals surface area (Å²) >= 11 is 0. The van der Waals surface area contributed by atoms with Crippen LogP contribution in [0, 0.1) is 13.8 Å². The van der Waals surface area contributed by atoms with Gasteiger partial charge in [0.25, 0.3) is 0 Å². The number of sulfonamides is 1. The summed E-state index contributed by atoms with van der Waals surface area (Å²) in [5.74, 6) is 0. The largest absolute Gasteiger partial charge is 0.399 e. The third-order valence-corrected chi connectivity index (χ3v) is 5.18. The van der Waals surface area contributed by atoms with Crippen LogP contribution < -0.4 is 5.73 Å². The number of ether oxygens (including phenoxy) is 1. The van der Waals surface area contributed by atoms with Crippen LogP contribution in [0.4, 0.5) is 5.69 Å². The van der Waals surface area contributed by atoms with Crippen LogP contribution in [0.5, 0.6) is 0 Å². The number of nitrogen functional groups attached to an aromatic ring is 1. The third kappa shape index (κ3) is 3.69. The summed E-state index contributed by atoms with van der Waals surface area (Å²) in [6.07, 6.45) is 0. The smallest absolute Gasteiger partial charge is 0.243 e. The minimum absolute atomic E-state index is 0.0367. The van der Waals surface area contributed by atoms with Crippen molar-refractivity contribution in [2.24, 2.45) is 0 Å². The molecule has 114 valence electrons. The van der Waals surface area contributed by atoms with Crippen molar-refractivity contribution in [3.8, 4) is 0 Å². The molecule has 0 aliphatic rings. The highest BCUT2D eigenvalue weighted by Crippen LogP contribution is 2.26. The summed E-state index contributed by atoms with van der Waals surface area (Å²) in [5, 5.41) is 9.06. The van der Waals surface area contributed by atoms with Gasteiger partial charge in [-0.25, -0.2) is 8.42 Å². The molecule has 20 heavy (non-hydrogen) atoms. The molecular formula is C13H22N2O4S. The number of benzene rings is 1. The maximum absolute atomic E-state index is 12.7. The van der Waals surface area contributed by atoms with Crippen molar-refractivity contribution in [2.75, 3.05) is 39.1 Å². The van der Waals surface area contributed by atoms with Gasteiger partial charge in [-0.05, 0) is 37.1 Å². The van der Waals surface area contributed by atoms with Gasteiger partial charge in [-0.15, -0.1) is 0 Å². The van der Waals surface area contributed by atoms with E-state index in [0.717, 1.165) is 0 Å². The lowest BCUT2D eigenvalue weighted by Crippen LogP contribution is -2.36. The maximum atomic E-state index is 12.7. The first-order chi connectivity index (χ1) is 9.34. The van der Waals surface area contributed by atoms with E-state index >= 15 is 0 Å². The lowest BCUT2D eigenvalue weighted by atomic mass is 10.1. The molecule has 0 fully saturated rings. The topological polar surface area (TPSA) is 92.9 Å². The second-order valence-electron chi connectivity index (χ2n) is 4.60. The summed E-state index contributed by atoms with van der Waals surface area (Å²) in [6, 6.07) is 3.26. The number of rotatable bonds is 7. The quantitative estimate of drug-likeness (QED) is 0.716. The number of aryl methyl sites for hydroxylation is 2. The number of hydrogen-bond acceptors (Lipinski definition) is 5. The van der Waals surface area contributed by atoms with Crippen LogP contribution >= 0.6 is 0 Å². The number of anilines is 1. The first-order valence-corrected chi connectivity index (χ1v) is 7.75. The van der Waals surface area contributed by atoms with Gasteiger partial charge < -0.3 is 15.6 Å². The Balaban J connectivity index is 3.26. The highest BCUT2D eigenvalue weighted by atomic mass is 32.2. The Morgan fingerprint density at radius 3 is 2.25 bits per heavy atom. The zero-order valence-corrected chi connectivity index (χ0v) is 12.9. The predicted molar refractivity (Wildman–Crippen MR) is 78.0 cm³/mol. The summed E-state index contributed by atoms with van der Waals surface area (Å²) in [4.78, 5) is 0.247. The third-order valence-electron chi connectivity index (χ3n) is 2.97. The van der Waals surface area contributed by atoms with Gasteiger partial charge >= 0.3 is 0 Å². The van der Waals surface area contributed by atoms with E-state index in [1.54, 1.807) is 26.0 Å². The summed E-state index contributed by atoms with van der Waals surface area (Å²) < 4.78 is 31.5. The van der Waals surface area contributed by atoms with Gasteiger partial charge in [0, 0.05) is 25.9 Å².